The first-order chi connectivity index (χ1) is 7.81. The van der Waals surface area contributed by atoms with Gasteiger partial charge in [0.25, 0.3) is 0 Å². The summed E-state index contributed by atoms with van der Waals surface area (Å²) < 4.78 is 0. The van der Waals surface area contributed by atoms with Crippen LogP contribution in [-0.2, 0) is 11.2 Å². The summed E-state index contributed by atoms with van der Waals surface area (Å²) in [6, 6.07) is 1.81. The predicted octanol–water partition coefficient (Wildman–Crippen LogP) is 0.326. The van der Waals surface area contributed by atoms with E-state index in [0.29, 0.717) is 6.42 Å². The number of aromatic nitrogens is 2. The SMILES string of the molecule is O=C(Cc1ccn[nH]1)N1CCCCC1CO. The van der Waals surface area contributed by atoms with Gasteiger partial charge in [0.15, 0.2) is 0 Å². The number of aliphatic hydroxyl groups is 1. The molecular formula is C11H17N3O2. The highest BCUT2D eigenvalue weighted by Gasteiger charge is 2.25. The number of nitrogens with one attached hydrogen (secondary N) is 1. The van der Waals surface area contributed by atoms with Gasteiger partial charge in [-0.1, -0.05) is 0 Å². The Kier molecular flexibility index (Phi) is 3.56. The third-order valence-corrected chi connectivity index (χ3v) is 3.06. The zero-order chi connectivity index (χ0) is 11.4. The van der Waals surface area contributed by atoms with E-state index in [-0.39, 0.29) is 18.6 Å². The van der Waals surface area contributed by atoms with Crippen LogP contribution in [0.15, 0.2) is 12.3 Å². The Morgan fingerprint density at radius 2 is 2.50 bits per heavy atom. The molecule has 5 nitrogen and oxygen atoms in total. The summed E-state index contributed by atoms with van der Waals surface area (Å²) in [5.74, 6) is 0.0722. The average Bonchev–Trinajstić information content (AvgIpc) is 2.81. The molecule has 2 heterocycles. The lowest BCUT2D eigenvalue weighted by Crippen LogP contribution is -2.46. The number of H-pyrrole nitrogens is 1. The fraction of sp³-hybridized carbons (Fsp3) is 0.636. The number of carbonyl (C=O) groups excluding carboxylic acids is 1. The van der Waals surface area contributed by atoms with E-state index in [9.17, 15) is 9.90 Å². The number of nitrogens with zero attached hydrogens (tertiary/aromatic N) is 2. The minimum absolute atomic E-state index is 0.00386. The van der Waals surface area contributed by atoms with Crippen molar-refractivity contribution in [1.29, 1.82) is 0 Å². The highest BCUT2D eigenvalue weighted by molar-refractivity contribution is 5.78. The molecule has 0 aromatic carbocycles. The third kappa shape index (κ3) is 2.41. The van der Waals surface area contributed by atoms with E-state index in [1.165, 1.54) is 0 Å². The Labute approximate surface area is 94.5 Å². The summed E-state index contributed by atoms with van der Waals surface area (Å²) in [6.07, 6.45) is 5.02. The molecule has 1 aliphatic heterocycles. The topological polar surface area (TPSA) is 69.2 Å². The van der Waals surface area contributed by atoms with Crippen LogP contribution in [0.25, 0.3) is 0 Å². The maximum absolute atomic E-state index is 12.0. The van der Waals surface area contributed by atoms with E-state index >= 15 is 0 Å². The molecule has 2 rings (SSSR count). The molecule has 1 aromatic heterocycles. The van der Waals surface area contributed by atoms with Crippen LogP contribution in [0.2, 0.25) is 0 Å². The first-order valence-electron chi connectivity index (χ1n) is 5.70. The summed E-state index contributed by atoms with van der Waals surface area (Å²) in [7, 11) is 0. The minimum atomic E-state index is 0.00386. The number of aliphatic hydroxyl groups excluding tert-OH is 1. The number of amides is 1. The summed E-state index contributed by atoms with van der Waals surface area (Å²) in [6.45, 7) is 0.826. The van der Waals surface area contributed by atoms with Gasteiger partial charge in [-0.05, 0) is 25.3 Å². The molecule has 0 aliphatic carbocycles. The van der Waals surface area contributed by atoms with Crippen molar-refractivity contribution in [1.82, 2.24) is 15.1 Å². The second kappa shape index (κ2) is 5.12. The van der Waals surface area contributed by atoms with Gasteiger partial charge in [-0.25, -0.2) is 0 Å². The van der Waals surface area contributed by atoms with E-state index in [1.54, 1.807) is 17.2 Å². The Morgan fingerprint density at radius 1 is 1.62 bits per heavy atom. The van der Waals surface area contributed by atoms with Crippen LogP contribution in [0.5, 0.6) is 0 Å². The maximum atomic E-state index is 12.0. The van der Waals surface area contributed by atoms with Crippen LogP contribution in [0.1, 0.15) is 25.0 Å². The van der Waals surface area contributed by atoms with Crippen molar-refractivity contribution < 1.29 is 9.90 Å². The van der Waals surface area contributed by atoms with E-state index in [0.717, 1.165) is 31.5 Å². The summed E-state index contributed by atoms with van der Waals surface area (Å²) in [5, 5.41) is 15.8. The minimum Gasteiger partial charge on any atom is -0.394 e. The number of hydrogen-bond donors (Lipinski definition) is 2. The van der Waals surface area contributed by atoms with Gasteiger partial charge in [0.2, 0.25) is 5.91 Å². The Bertz CT molecular complexity index is 337. The van der Waals surface area contributed by atoms with Crippen molar-refractivity contribution in [3.63, 3.8) is 0 Å². The van der Waals surface area contributed by atoms with Gasteiger partial charge >= 0.3 is 0 Å². The number of hydrogen-bond acceptors (Lipinski definition) is 3. The zero-order valence-corrected chi connectivity index (χ0v) is 9.22. The molecule has 16 heavy (non-hydrogen) atoms. The van der Waals surface area contributed by atoms with E-state index < -0.39 is 0 Å². The van der Waals surface area contributed by atoms with Crippen LogP contribution < -0.4 is 0 Å². The Balaban J connectivity index is 1.97. The molecule has 1 aromatic rings. The van der Waals surface area contributed by atoms with Gasteiger partial charge in [0, 0.05) is 18.4 Å². The van der Waals surface area contributed by atoms with Crippen molar-refractivity contribution in [2.24, 2.45) is 0 Å². The van der Waals surface area contributed by atoms with Crippen LogP contribution >= 0.6 is 0 Å². The Hall–Kier alpha value is -1.36. The molecular weight excluding hydrogens is 206 g/mol. The van der Waals surface area contributed by atoms with E-state index in [2.05, 4.69) is 10.2 Å². The van der Waals surface area contributed by atoms with Crippen LogP contribution in [0.4, 0.5) is 0 Å². The second-order valence-electron chi connectivity index (χ2n) is 4.18. The van der Waals surface area contributed by atoms with Crippen molar-refractivity contribution in [2.75, 3.05) is 13.2 Å². The first kappa shape index (κ1) is 11.1. The lowest BCUT2D eigenvalue weighted by Gasteiger charge is -2.34. The smallest absolute Gasteiger partial charge is 0.228 e. The number of rotatable bonds is 3. The average molecular weight is 223 g/mol. The quantitative estimate of drug-likeness (QED) is 0.775. The molecule has 5 heteroatoms. The number of aromatic amines is 1. The van der Waals surface area contributed by atoms with Crippen molar-refractivity contribution >= 4 is 5.91 Å². The van der Waals surface area contributed by atoms with Crippen LogP contribution in [0.3, 0.4) is 0 Å². The molecule has 0 bridgehead atoms. The second-order valence-corrected chi connectivity index (χ2v) is 4.18. The lowest BCUT2D eigenvalue weighted by atomic mass is 10.0. The van der Waals surface area contributed by atoms with Crippen LogP contribution in [0, 0.1) is 0 Å². The molecule has 88 valence electrons. The van der Waals surface area contributed by atoms with Gasteiger partial charge in [-0.15, -0.1) is 0 Å². The first-order valence-corrected chi connectivity index (χ1v) is 5.70. The molecule has 0 radical (unpaired) electrons. The zero-order valence-electron chi connectivity index (χ0n) is 9.22. The predicted molar refractivity (Wildman–Crippen MR) is 58.7 cm³/mol. The van der Waals surface area contributed by atoms with Gasteiger partial charge < -0.3 is 10.0 Å². The molecule has 1 aliphatic rings. The fourth-order valence-electron chi connectivity index (χ4n) is 2.17. The normalized spacial score (nSPS) is 21.1. The van der Waals surface area contributed by atoms with Crippen molar-refractivity contribution in [2.45, 2.75) is 31.7 Å². The number of piperidine rings is 1. The fourth-order valence-corrected chi connectivity index (χ4v) is 2.17. The molecule has 1 saturated heterocycles. The summed E-state index contributed by atoms with van der Waals surface area (Å²) >= 11 is 0. The van der Waals surface area contributed by atoms with E-state index in [4.69, 9.17) is 0 Å². The highest BCUT2D eigenvalue weighted by atomic mass is 16.3. The van der Waals surface area contributed by atoms with Gasteiger partial charge in [0.05, 0.1) is 19.1 Å². The summed E-state index contributed by atoms with van der Waals surface area (Å²) in [4.78, 5) is 13.8. The van der Waals surface area contributed by atoms with Crippen molar-refractivity contribution in [3.05, 3.63) is 18.0 Å². The van der Waals surface area contributed by atoms with Crippen LogP contribution in [-0.4, -0.2) is 45.3 Å². The maximum Gasteiger partial charge on any atom is 0.228 e. The van der Waals surface area contributed by atoms with Gasteiger partial charge in [0.1, 0.15) is 0 Å². The van der Waals surface area contributed by atoms with Gasteiger partial charge in [-0.3, -0.25) is 9.89 Å². The number of carbonyl (C=O) groups is 1. The molecule has 0 saturated carbocycles. The molecule has 1 fully saturated rings. The molecule has 1 unspecified atom stereocenters. The number of likely N-dealkylation sites (tertiary alicyclic amines) is 1. The van der Waals surface area contributed by atoms with Gasteiger partial charge in [-0.2, -0.15) is 5.10 Å². The summed E-state index contributed by atoms with van der Waals surface area (Å²) in [5.41, 5.74) is 0.826. The highest BCUT2D eigenvalue weighted by Crippen LogP contribution is 2.17. The third-order valence-electron chi connectivity index (χ3n) is 3.06. The lowest BCUT2D eigenvalue weighted by molar-refractivity contribution is -0.135. The molecule has 2 N–H and O–H groups in total. The Morgan fingerprint density at radius 3 is 3.19 bits per heavy atom. The van der Waals surface area contributed by atoms with Crippen molar-refractivity contribution in [3.8, 4) is 0 Å². The standard InChI is InChI=1S/C11H17N3O2/c15-8-10-3-1-2-6-14(10)11(16)7-9-4-5-12-13-9/h4-5,10,15H,1-3,6-8H2,(H,12,13). The molecule has 1 atom stereocenters. The van der Waals surface area contributed by atoms with E-state index in [1.807, 2.05) is 0 Å². The molecule has 0 spiro atoms. The molecule has 1 amide bonds. The monoisotopic (exact) mass is 223 g/mol. The largest absolute Gasteiger partial charge is 0.394 e.